The molecule has 0 radical (unpaired) electrons. The molecule has 4 nitrogen and oxygen atoms in total. The molecule has 0 atom stereocenters. The monoisotopic (exact) mass is 313 g/mol. The molecule has 0 saturated carbocycles. The molecule has 0 heterocycles. The van der Waals surface area contributed by atoms with Gasteiger partial charge in [-0.15, -0.1) is 0 Å². The van der Waals surface area contributed by atoms with Crippen LogP contribution >= 0.6 is 34.2 Å². The van der Waals surface area contributed by atoms with Crippen LogP contribution in [0, 0.1) is 13.7 Å². The minimum atomic E-state index is -0.562. The first-order chi connectivity index (χ1) is 6.06. The van der Waals surface area contributed by atoms with Crippen LogP contribution < -0.4 is 0 Å². The zero-order valence-corrected chi connectivity index (χ0v) is 9.24. The molecule has 0 unspecified atom stereocenters. The van der Waals surface area contributed by atoms with E-state index in [-0.39, 0.29) is 17.9 Å². The number of hydrogen-bond donors (Lipinski definition) is 1. The van der Waals surface area contributed by atoms with Crippen LogP contribution in [0.1, 0.15) is 5.56 Å². The first-order valence-electron chi connectivity index (χ1n) is 3.29. The van der Waals surface area contributed by atoms with Crippen LogP contribution in [-0.4, -0.2) is 10.0 Å². The van der Waals surface area contributed by atoms with Gasteiger partial charge in [0.25, 0.3) is 5.69 Å². The van der Waals surface area contributed by atoms with E-state index in [9.17, 15) is 10.1 Å². The van der Waals surface area contributed by atoms with E-state index >= 15 is 0 Å². The van der Waals surface area contributed by atoms with E-state index in [1.54, 1.807) is 0 Å². The van der Waals surface area contributed by atoms with Gasteiger partial charge >= 0.3 is 0 Å². The van der Waals surface area contributed by atoms with E-state index in [2.05, 4.69) is 0 Å². The summed E-state index contributed by atoms with van der Waals surface area (Å²) < 4.78 is 0.689. The fraction of sp³-hybridized carbons (Fsp3) is 0.143. The topological polar surface area (TPSA) is 63.4 Å². The average molecular weight is 313 g/mol. The van der Waals surface area contributed by atoms with E-state index in [4.69, 9.17) is 16.7 Å². The molecule has 0 bridgehead atoms. The number of halogens is 2. The van der Waals surface area contributed by atoms with Crippen LogP contribution in [-0.2, 0) is 6.61 Å². The van der Waals surface area contributed by atoms with E-state index in [1.807, 2.05) is 22.6 Å². The molecule has 0 fully saturated rings. The van der Waals surface area contributed by atoms with Crippen molar-refractivity contribution in [2.24, 2.45) is 0 Å². The third kappa shape index (κ3) is 2.29. The largest absolute Gasteiger partial charge is 0.391 e. The number of rotatable bonds is 2. The summed E-state index contributed by atoms with van der Waals surface area (Å²) >= 11 is 7.64. The first kappa shape index (κ1) is 10.7. The van der Waals surface area contributed by atoms with Crippen molar-refractivity contribution in [1.82, 2.24) is 0 Å². The summed E-state index contributed by atoms with van der Waals surface area (Å²) in [4.78, 5) is 9.92. The fourth-order valence-electron chi connectivity index (χ4n) is 0.874. The summed E-state index contributed by atoms with van der Waals surface area (Å²) in [5.41, 5.74) is 0.131. The lowest BCUT2D eigenvalue weighted by molar-refractivity contribution is -0.385. The quantitative estimate of drug-likeness (QED) is 0.518. The molecule has 1 aromatic carbocycles. The number of nitrogens with zero attached hydrogens (tertiary/aromatic N) is 1. The Kier molecular flexibility index (Phi) is 3.46. The van der Waals surface area contributed by atoms with Gasteiger partial charge in [0.05, 0.1) is 22.1 Å². The SMILES string of the molecule is O=[N+]([O-])c1cc(Cl)c(I)cc1CO. The summed E-state index contributed by atoms with van der Waals surface area (Å²) in [6, 6.07) is 2.75. The Morgan fingerprint density at radius 2 is 2.23 bits per heavy atom. The molecule has 1 N–H and O–H groups in total. The summed E-state index contributed by atoms with van der Waals surface area (Å²) in [5.74, 6) is 0. The maximum atomic E-state index is 10.5. The zero-order valence-electron chi connectivity index (χ0n) is 6.33. The van der Waals surface area contributed by atoms with Gasteiger partial charge in [0, 0.05) is 9.64 Å². The third-order valence-corrected chi connectivity index (χ3v) is 3.01. The molecule has 0 saturated heterocycles. The highest BCUT2D eigenvalue weighted by molar-refractivity contribution is 14.1. The van der Waals surface area contributed by atoms with E-state index in [0.717, 1.165) is 0 Å². The van der Waals surface area contributed by atoms with Crippen LogP contribution in [0.5, 0.6) is 0 Å². The zero-order chi connectivity index (χ0) is 10.0. The van der Waals surface area contributed by atoms with Gasteiger partial charge in [-0.05, 0) is 28.7 Å². The Morgan fingerprint density at radius 1 is 1.62 bits per heavy atom. The predicted molar refractivity (Wildman–Crippen MR) is 56.7 cm³/mol. The second-order valence-corrected chi connectivity index (χ2v) is 3.88. The Hall–Kier alpha value is -0.400. The second-order valence-electron chi connectivity index (χ2n) is 2.31. The molecule has 0 amide bonds. The second kappa shape index (κ2) is 4.21. The van der Waals surface area contributed by atoms with Gasteiger partial charge in [-0.2, -0.15) is 0 Å². The highest BCUT2D eigenvalue weighted by Gasteiger charge is 2.15. The minimum Gasteiger partial charge on any atom is -0.391 e. The normalized spacial score (nSPS) is 10.1. The first-order valence-corrected chi connectivity index (χ1v) is 4.75. The number of nitro groups is 1. The molecule has 1 rings (SSSR count). The lowest BCUT2D eigenvalue weighted by atomic mass is 10.2. The Balaban J connectivity index is 3.33. The van der Waals surface area contributed by atoms with Crippen molar-refractivity contribution in [3.8, 4) is 0 Å². The lowest BCUT2D eigenvalue weighted by Crippen LogP contribution is -1.96. The lowest BCUT2D eigenvalue weighted by Gasteiger charge is -2.01. The van der Waals surface area contributed by atoms with Crippen molar-refractivity contribution < 1.29 is 10.0 Å². The van der Waals surface area contributed by atoms with E-state index in [1.165, 1.54) is 12.1 Å². The number of nitro benzene ring substituents is 1. The number of benzene rings is 1. The molecule has 0 aromatic heterocycles. The highest BCUT2D eigenvalue weighted by Crippen LogP contribution is 2.27. The van der Waals surface area contributed by atoms with Crippen LogP contribution in [0.2, 0.25) is 5.02 Å². The third-order valence-electron chi connectivity index (χ3n) is 1.49. The van der Waals surface area contributed by atoms with Gasteiger partial charge in [-0.25, -0.2) is 0 Å². The van der Waals surface area contributed by atoms with Gasteiger partial charge in [-0.3, -0.25) is 10.1 Å². The van der Waals surface area contributed by atoms with Crippen molar-refractivity contribution in [2.75, 3.05) is 0 Å². The standard InChI is InChI=1S/C7H5ClINO3/c8-5-2-7(10(12)13)4(3-11)1-6(5)9/h1-2,11H,3H2. The molecule has 0 spiro atoms. The number of hydrogen-bond acceptors (Lipinski definition) is 3. The number of aliphatic hydroxyl groups excluding tert-OH is 1. The van der Waals surface area contributed by atoms with Crippen molar-refractivity contribution >= 4 is 39.9 Å². The smallest absolute Gasteiger partial charge is 0.276 e. The fourth-order valence-corrected chi connectivity index (χ4v) is 1.56. The van der Waals surface area contributed by atoms with Gasteiger partial charge < -0.3 is 5.11 Å². The molecule has 0 aliphatic carbocycles. The summed E-state index contributed by atoms with van der Waals surface area (Å²) in [7, 11) is 0. The summed E-state index contributed by atoms with van der Waals surface area (Å²) in [5, 5.41) is 19.6. The maximum Gasteiger partial charge on any atom is 0.276 e. The molecule has 1 aromatic rings. The summed E-state index contributed by atoms with van der Waals surface area (Å²) in [6.07, 6.45) is 0. The maximum absolute atomic E-state index is 10.5. The van der Waals surface area contributed by atoms with Gasteiger partial charge in [-0.1, -0.05) is 11.6 Å². The van der Waals surface area contributed by atoms with Crippen molar-refractivity contribution in [3.63, 3.8) is 0 Å². The Labute approximate surface area is 92.8 Å². The minimum absolute atomic E-state index is 0.145. The highest BCUT2D eigenvalue weighted by atomic mass is 127. The Bertz CT molecular complexity index is 356. The average Bonchev–Trinajstić information content (AvgIpc) is 2.08. The van der Waals surface area contributed by atoms with Crippen molar-refractivity contribution in [3.05, 3.63) is 36.4 Å². The van der Waals surface area contributed by atoms with E-state index in [0.29, 0.717) is 8.59 Å². The molecule has 70 valence electrons. The molecule has 0 aliphatic rings. The molecular formula is C7H5ClINO3. The molecule has 13 heavy (non-hydrogen) atoms. The van der Waals surface area contributed by atoms with Crippen LogP contribution in [0.3, 0.4) is 0 Å². The predicted octanol–water partition coefficient (Wildman–Crippen LogP) is 2.35. The molecule has 6 heteroatoms. The van der Waals surface area contributed by atoms with Gasteiger partial charge in [0.2, 0.25) is 0 Å². The Morgan fingerprint density at radius 3 is 2.69 bits per heavy atom. The van der Waals surface area contributed by atoms with Crippen molar-refractivity contribution in [2.45, 2.75) is 6.61 Å². The molecular weight excluding hydrogens is 308 g/mol. The summed E-state index contributed by atoms with van der Waals surface area (Å²) in [6.45, 7) is -0.358. The van der Waals surface area contributed by atoms with Crippen LogP contribution in [0.4, 0.5) is 5.69 Å². The number of aliphatic hydroxyl groups is 1. The van der Waals surface area contributed by atoms with Gasteiger partial charge in [0.15, 0.2) is 0 Å². The van der Waals surface area contributed by atoms with Gasteiger partial charge in [0.1, 0.15) is 0 Å². The van der Waals surface area contributed by atoms with E-state index < -0.39 is 4.92 Å². The van der Waals surface area contributed by atoms with Crippen LogP contribution in [0.15, 0.2) is 12.1 Å². The van der Waals surface area contributed by atoms with Crippen LogP contribution in [0.25, 0.3) is 0 Å². The molecule has 0 aliphatic heterocycles. The van der Waals surface area contributed by atoms with Crippen molar-refractivity contribution in [1.29, 1.82) is 0 Å².